The summed E-state index contributed by atoms with van der Waals surface area (Å²) in [7, 11) is 0. The summed E-state index contributed by atoms with van der Waals surface area (Å²) in [5.41, 5.74) is -0.568. The molecule has 0 heterocycles. The van der Waals surface area contributed by atoms with Crippen LogP contribution in [0.2, 0.25) is 0 Å². The smallest absolute Gasteiger partial charge is 0.315 e. The minimum Gasteiger partial charge on any atom is -0.462 e. The maximum Gasteiger partial charge on any atom is 0.315 e. The third-order valence-electron chi connectivity index (χ3n) is 2.41. The molecule has 0 aromatic carbocycles. The van der Waals surface area contributed by atoms with E-state index in [4.69, 9.17) is 4.74 Å². The molecule has 0 bridgehead atoms. The van der Waals surface area contributed by atoms with Gasteiger partial charge in [-0.05, 0) is 20.3 Å². The van der Waals surface area contributed by atoms with Crippen molar-refractivity contribution in [1.82, 2.24) is 0 Å². The minimum atomic E-state index is -1.00. The molecule has 6 heteroatoms. The van der Waals surface area contributed by atoms with Crippen molar-refractivity contribution < 1.29 is 24.2 Å². The van der Waals surface area contributed by atoms with Gasteiger partial charge in [0.2, 0.25) is 0 Å². The molecule has 0 radical (unpaired) electrons. The van der Waals surface area contributed by atoms with Crippen LogP contribution in [0.25, 0.3) is 0 Å². The largest absolute Gasteiger partial charge is 0.462 e. The molecule has 5 nitrogen and oxygen atoms in total. The van der Waals surface area contributed by atoms with Crippen molar-refractivity contribution in [2.24, 2.45) is 5.41 Å². The van der Waals surface area contributed by atoms with E-state index in [0.29, 0.717) is 6.42 Å². The molecule has 0 amide bonds. The molecule has 0 aliphatic carbocycles. The Hall–Kier alpha value is -0.750. The lowest BCUT2D eigenvalue weighted by atomic mass is 9.91. The SMILES string of the molecule is CCC(C)(C)C(=O)OCC(O)COC(=O)CS. The zero-order valence-electron chi connectivity index (χ0n) is 10.4. The standard InChI is InChI=1S/C11H20O5S/c1-4-11(2,3)10(14)16-6-8(12)5-15-9(13)7-17/h8,12,17H,4-7H2,1-3H3. The molecular formula is C11H20O5S. The van der Waals surface area contributed by atoms with Gasteiger partial charge in [0.25, 0.3) is 0 Å². The normalized spacial score (nSPS) is 13.0. The van der Waals surface area contributed by atoms with Gasteiger partial charge in [-0.2, -0.15) is 12.6 Å². The van der Waals surface area contributed by atoms with Crippen LogP contribution in [0.5, 0.6) is 0 Å². The number of ether oxygens (including phenoxy) is 2. The number of aliphatic hydroxyl groups excluding tert-OH is 1. The number of rotatable bonds is 7. The van der Waals surface area contributed by atoms with Crippen molar-refractivity contribution in [2.45, 2.75) is 33.3 Å². The van der Waals surface area contributed by atoms with E-state index in [1.807, 2.05) is 6.92 Å². The second-order valence-electron chi connectivity index (χ2n) is 4.33. The number of esters is 2. The Morgan fingerprint density at radius 2 is 1.82 bits per heavy atom. The molecule has 0 spiro atoms. The Bertz CT molecular complexity index is 265. The zero-order valence-corrected chi connectivity index (χ0v) is 11.3. The van der Waals surface area contributed by atoms with Crippen molar-refractivity contribution in [3.8, 4) is 0 Å². The Labute approximate surface area is 107 Å². The lowest BCUT2D eigenvalue weighted by Gasteiger charge is -2.21. The molecule has 0 saturated carbocycles. The molecule has 1 N–H and O–H groups in total. The molecule has 0 aromatic heterocycles. The highest BCUT2D eigenvalue weighted by molar-refractivity contribution is 7.81. The maximum absolute atomic E-state index is 11.5. The summed E-state index contributed by atoms with van der Waals surface area (Å²) in [6.07, 6.45) is -0.355. The fraction of sp³-hybridized carbons (Fsp3) is 0.818. The molecule has 1 atom stereocenters. The number of carbonyl (C=O) groups excluding carboxylic acids is 2. The summed E-state index contributed by atoms with van der Waals surface area (Å²) in [6.45, 7) is 5.04. The average molecular weight is 264 g/mol. The number of aliphatic hydroxyl groups is 1. The van der Waals surface area contributed by atoms with E-state index in [2.05, 4.69) is 17.4 Å². The first kappa shape index (κ1) is 16.2. The van der Waals surface area contributed by atoms with Gasteiger partial charge in [0, 0.05) is 0 Å². The lowest BCUT2D eigenvalue weighted by Crippen LogP contribution is -2.31. The molecule has 17 heavy (non-hydrogen) atoms. The summed E-state index contributed by atoms with van der Waals surface area (Å²) in [6, 6.07) is 0. The fourth-order valence-corrected chi connectivity index (χ4v) is 0.886. The molecule has 0 saturated heterocycles. The molecular weight excluding hydrogens is 244 g/mol. The van der Waals surface area contributed by atoms with Gasteiger partial charge in [0.1, 0.15) is 19.3 Å². The summed E-state index contributed by atoms with van der Waals surface area (Å²) in [5.74, 6) is -0.942. The first-order chi connectivity index (χ1) is 7.83. The lowest BCUT2D eigenvalue weighted by molar-refractivity contribution is -0.159. The van der Waals surface area contributed by atoms with Crippen LogP contribution >= 0.6 is 12.6 Å². The van der Waals surface area contributed by atoms with E-state index in [9.17, 15) is 14.7 Å². The van der Waals surface area contributed by atoms with Gasteiger partial charge in [-0.15, -0.1) is 0 Å². The van der Waals surface area contributed by atoms with Crippen LogP contribution in [0.4, 0.5) is 0 Å². The van der Waals surface area contributed by atoms with Crippen LogP contribution < -0.4 is 0 Å². The molecule has 0 rings (SSSR count). The second-order valence-corrected chi connectivity index (χ2v) is 4.65. The Balaban J connectivity index is 3.88. The molecule has 100 valence electrons. The molecule has 0 aromatic rings. The quantitative estimate of drug-likeness (QED) is 0.525. The summed E-state index contributed by atoms with van der Waals surface area (Å²) < 4.78 is 9.57. The van der Waals surface area contributed by atoms with Crippen molar-refractivity contribution in [3.05, 3.63) is 0 Å². The van der Waals surface area contributed by atoms with Gasteiger partial charge in [0.05, 0.1) is 11.2 Å². The third kappa shape index (κ3) is 6.53. The summed E-state index contributed by atoms with van der Waals surface area (Å²) in [5, 5.41) is 9.40. The van der Waals surface area contributed by atoms with Crippen LogP contribution in [0, 0.1) is 5.41 Å². The van der Waals surface area contributed by atoms with E-state index in [0.717, 1.165) is 0 Å². The number of hydrogen-bond acceptors (Lipinski definition) is 6. The molecule has 1 unspecified atom stereocenters. The number of carbonyl (C=O) groups is 2. The highest BCUT2D eigenvalue weighted by atomic mass is 32.1. The maximum atomic E-state index is 11.5. The van der Waals surface area contributed by atoms with Crippen LogP contribution in [0.1, 0.15) is 27.2 Å². The second kappa shape index (κ2) is 7.55. The number of hydrogen-bond donors (Lipinski definition) is 2. The molecule has 0 aliphatic heterocycles. The van der Waals surface area contributed by atoms with Gasteiger partial charge < -0.3 is 14.6 Å². The first-order valence-electron chi connectivity index (χ1n) is 5.45. The Morgan fingerprint density at radius 3 is 2.29 bits per heavy atom. The van der Waals surface area contributed by atoms with E-state index < -0.39 is 17.5 Å². The predicted octanol–water partition coefficient (Wildman–Crippen LogP) is 0.800. The van der Waals surface area contributed by atoms with E-state index in [1.165, 1.54) is 0 Å². The van der Waals surface area contributed by atoms with Crippen LogP contribution in [-0.4, -0.2) is 42.1 Å². The Morgan fingerprint density at radius 1 is 1.29 bits per heavy atom. The molecule has 0 fully saturated rings. The monoisotopic (exact) mass is 264 g/mol. The summed E-state index contributed by atoms with van der Waals surface area (Å²) in [4.78, 5) is 22.3. The van der Waals surface area contributed by atoms with Crippen LogP contribution in [-0.2, 0) is 19.1 Å². The number of thiol groups is 1. The molecule has 0 aliphatic rings. The highest BCUT2D eigenvalue weighted by Gasteiger charge is 2.27. The van der Waals surface area contributed by atoms with E-state index in [-0.39, 0.29) is 24.9 Å². The van der Waals surface area contributed by atoms with Crippen molar-refractivity contribution >= 4 is 24.6 Å². The van der Waals surface area contributed by atoms with Crippen molar-refractivity contribution in [3.63, 3.8) is 0 Å². The van der Waals surface area contributed by atoms with Gasteiger partial charge in [-0.25, -0.2) is 0 Å². The van der Waals surface area contributed by atoms with Crippen molar-refractivity contribution in [2.75, 3.05) is 19.0 Å². The third-order valence-corrected chi connectivity index (χ3v) is 2.67. The Kier molecular flexibility index (Phi) is 7.22. The zero-order chi connectivity index (χ0) is 13.5. The van der Waals surface area contributed by atoms with Crippen LogP contribution in [0.3, 0.4) is 0 Å². The van der Waals surface area contributed by atoms with Gasteiger partial charge in [-0.3, -0.25) is 9.59 Å². The van der Waals surface area contributed by atoms with Gasteiger partial charge >= 0.3 is 11.9 Å². The highest BCUT2D eigenvalue weighted by Crippen LogP contribution is 2.21. The van der Waals surface area contributed by atoms with E-state index >= 15 is 0 Å². The minimum absolute atomic E-state index is 0.0463. The van der Waals surface area contributed by atoms with Gasteiger partial charge in [0.15, 0.2) is 0 Å². The topological polar surface area (TPSA) is 72.8 Å². The average Bonchev–Trinajstić information content (AvgIpc) is 2.32. The van der Waals surface area contributed by atoms with Gasteiger partial charge in [-0.1, -0.05) is 6.92 Å². The fourth-order valence-electron chi connectivity index (χ4n) is 0.794. The van der Waals surface area contributed by atoms with Crippen molar-refractivity contribution in [1.29, 1.82) is 0 Å². The first-order valence-corrected chi connectivity index (χ1v) is 6.08. The predicted molar refractivity (Wildman–Crippen MR) is 65.8 cm³/mol. The van der Waals surface area contributed by atoms with E-state index in [1.54, 1.807) is 13.8 Å². The summed E-state index contributed by atoms with van der Waals surface area (Å²) >= 11 is 3.71. The van der Waals surface area contributed by atoms with Crippen LogP contribution in [0.15, 0.2) is 0 Å².